The molecule has 0 aliphatic carbocycles. The molecule has 2 aromatic carbocycles. The van der Waals surface area contributed by atoms with E-state index in [9.17, 15) is 19.2 Å². The lowest BCUT2D eigenvalue weighted by Gasteiger charge is -2.15. The van der Waals surface area contributed by atoms with Crippen LogP contribution in [0.3, 0.4) is 0 Å². The summed E-state index contributed by atoms with van der Waals surface area (Å²) < 4.78 is 13.1. The molecule has 30 heavy (non-hydrogen) atoms. The number of azo groups is 1. The predicted octanol–water partition coefficient (Wildman–Crippen LogP) is 4.64. The van der Waals surface area contributed by atoms with Crippen LogP contribution in [0.25, 0.3) is 0 Å². The van der Waals surface area contributed by atoms with E-state index in [0.29, 0.717) is 16.0 Å². The number of carbonyl (C=O) groups is 2. The van der Waals surface area contributed by atoms with E-state index in [1.807, 2.05) is 0 Å². The van der Waals surface area contributed by atoms with Gasteiger partial charge in [0.1, 0.15) is 11.9 Å². The molecule has 1 N–H and O–H groups in total. The van der Waals surface area contributed by atoms with E-state index in [1.165, 1.54) is 49.4 Å². The number of amides is 2. The lowest BCUT2D eigenvalue weighted by atomic mass is 9.92. The molecule has 0 aromatic heterocycles. The summed E-state index contributed by atoms with van der Waals surface area (Å²) in [5.41, 5.74) is 1.21. The number of rotatable bonds is 6. The molecule has 0 saturated heterocycles. The Morgan fingerprint density at radius 1 is 1.20 bits per heavy atom. The fourth-order valence-electron chi connectivity index (χ4n) is 2.58. The second-order valence-corrected chi connectivity index (χ2v) is 6.34. The van der Waals surface area contributed by atoms with Gasteiger partial charge in [-0.25, -0.2) is 14.1 Å². The van der Waals surface area contributed by atoms with Crippen LogP contribution in [0.2, 0.25) is 5.02 Å². The number of nitrogens with zero attached hydrogens (tertiary/aromatic N) is 5. The Hall–Kier alpha value is -3.82. The number of halogens is 2. The van der Waals surface area contributed by atoms with Gasteiger partial charge in [-0.05, 0) is 42.3 Å². The third-order valence-corrected chi connectivity index (χ3v) is 4.41. The average Bonchev–Trinajstić information content (AvgIpc) is 2.72. The normalized spacial score (nSPS) is 12.6. The Kier molecular flexibility index (Phi) is 7.56. The summed E-state index contributed by atoms with van der Waals surface area (Å²) >= 11 is 6.27. The molecule has 0 aliphatic heterocycles. The maximum atomic E-state index is 13.1. The van der Waals surface area contributed by atoms with Gasteiger partial charge in [-0.15, -0.1) is 0 Å². The summed E-state index contributed by atoms with van der Waals surface area (Å²) in [5.74, 6) is -2.19. The monoisotopic (exact) mass is 427 g/mol. The molecule has 2 unspecified atom stereocenters. The van der Waals surface area contributed by atoms with Crippen molar-refractivity contribution in [3.63, 3.8) is 0 Å². The molecule has 2 amide bonds. The molecular weight excluding hydrogens is 413 g/mol. The van der Waals surface area contributed by atoms with Crippen molar-refractivity contribution >= 4 is 29.3 Å². The van der Waals surface area contributed by atoms with Gasteiger partial charge in [0.15, 0.2) is 0 Å². The van der Waals surface area contributed by atoms with Crippen LogP contribution in [0.5, 0.6) is 0 Å². The number of benzene rings is 2. The molecule has 2 atom stereocenters. The summed E-state index contributed by atoms with van der Waals surface area (Å²) in [7, 11) is 0. The zero-order valence-corrected chi connectivity index (χ0v) is 16.4. The van der Waals surface area contributed by atoms with Crippen LogP contribution in [0.1, 0.15) is 24.0 Å². The standard InChI is InChI=1S/C20H15ClFN5O3/c1-2-27(20(29)30)19(28)18(11-24)26-25-14-7-8-15(17(21)9-14)16(10-23)12-3-5-13(22)6-4-12/h3-9,16,18H,2H2,1H3,(H,29,30). The Bertz CT molecular complexity index is 1060. The van der Waals surface area contributed by atoms with Crippen molar-refractivity contribution in [3.8, 4) is 12.1 Å². The second-order valence-electron chi connectivity index (χ2n) is 5.93. The molecule has 0 bridgehead atoms. The minimum absolute atomic E-state index is 0.138. The molecule has 0 spiro atoms. The maximum absolute atomic E-state index is 13.1. The zero-order chi connectivity index (χ0) is 22.3. The summed E-state index contributed by atoms with van der Waals surface area (Å²) in [5, 5.41) is 35.2. The van der Waals surface area contributed by atoms with Crippen molar-refractivity contribution in [1.29, 1.82) is 10.5 Å². The van der Waals surface area contributed by atoms with Gasteiger partial charge in [0.05, 0.1) is 17.7 Å². The third kappa shape index (κ3) is 5.16. The minimum Gasteiger partial charge on any atom is -0.465 e. The molecule has 8 nitrogen and oxygen atoms in total. The second kappa shape index (κ2) is 10.1. The van der Waals surface area contributed by atoms with Gasteiger partial charge in [0, 0.05) is 11.6 Å². The summed E-state index contributed by atoms with van der Waals surface area (Å²) in [6.07, 6.45) is -1.49. The van der Waals surface area contributed by atoms with Gasteiger partial charge in [0.25, 0.3) is 5.91 Å². The fraction of sp³-hybridized carbons (Fsp3) is 0.200. The first-order chi connectivity index (χ1) is 14.3. The molecule has 2 aromatic rings. The van der Waals surface area contributed by atoms with E-state index in [0.717, 1.165) is 0 Å². The van der Waals surface area contributed by atoms with Crippen LogP contribution >= 0.6 is 11.6 Å². The lowest BCUT2D eigenvalue weighted by Crippen LogP contribution is -2.41. The topological polar surface area (TPSA) is 130 Å². The highest BCUT2D eigenvalue weighted by atomic mass is 35.5. The lowest BCUT2D eigenvalue weighted by molar-refractivity contribution is -0.129. The summed E-state index contributed by atoms with van der Waals surface area (Å²) in [6.45, 7) is 1.31. The Morgan fingerprint density at radius 2 is 1.87 bits per heavy atom. The molecule has 10 heteroatoms. The third-order valence-electron chi connectivity index (χ3n) is 4.09. The number of carboxylic acid groups (broad SMARTS) is 1. The van der Waals surface area contributed by atoms with Crippen molar-refractivity contribution < 1.29 is 19.1 Å². The van der Waals surface area contributed by atoms with E-state index in [-0.39, 0.29) is 17.3 Å². The van der Waals surface area contributed by atoms with E-state index in [4.69, 9.17) is 22.0 Å². The molecular formula is C20H15ClFN5O3. The van der Waals surface area contributed by atoms with Crippen molar-refractivity contribution in [2.75, 3.05) is 6.54 Å². The fourth-order valence-corrected chi connectivity index (χ4v) is 2.86. The van der Waals surface area contributed by atoms with Crippen molar-refractivity contribution in [2.45, 2.75) is 18.9 Å². The quantitative estimate of drug-likeness (QED) is 0.671. The number of carbonyl (C=O) groups excluding carboxylic acids is 1. The zero-order valence-electron chi connectivity index (χ0n) is 15.7. The van der Waals surface area contributed by atoms with E-state index in [2.05, 4.69) is 16.3 Å². The van der Waals surface area contributed by atoms with Crippen LogP contribution in [-0.4, -0.2) is 34.6 Å². The summed E-state index contributed by atoms with van der Waals surface area (Å²) in [6, 6.07) is 11.9. The van der Waals surface area contributed by atoms with Crippen molar-refractivity contribution in [1.82, 2.24) is 4.90 Å². The van der Waals surface area contributed by atoms with Gasteiger partial charge >= 0.3 is 6.09 Å². The highest BCUT2D eigenvalue weighted by molar-refractivity contribution is 6.31. The van der Waals surface area contributed by atoms with Crippen molar-refractivity contribution in [3.05, 3.63) is 64.4 Å². The Labute approximate surface area is 176 Å². The van der Waals surface area contributed by atoms with Gasteiger partial charge in [-0.1, -0.05) is 29.8 Å². The molecule has 0 radical (unpaired) electrons. The number of hydrogen-bond acceptors (Lipinski definition) is 6. The maximum Gasteiger partial charge on any atom is 0.414 e. The first-order valence-electron chi connectivity index (χ1n) is 8.61. The average molecular weight is 428 g/mol. The van der Waals surface area contributed by atoms with E-state index < -0.39 is 29.8 Å². The molecule has 0 heterocycles. The Balaban J connectivity index is 2.27. The van der Waals surface area contributed by atoms with Crippen LogP contribution in [0, 0.1) is 28.5 Å². The van der Waals surface area contributed by atoms with Crippen molar-refractivity contribution in [2.24, 2.45) is 10.2 Å². The molecule has 0 fully saturated rings. The van der Waals surface area contributed by atoms with Crippen LogP contribution in [0.4, 0.5) is 14.9 Å². The largest absolute Gasteiger partial charge is 0.465 e. The number of hydrogen-bond donors (Lipinski definition) is 1. The SMILES string of the molecule is CCN(C(=O)O)C(=O)C(C#N)N=Nc1ccc(C(C#N)c2ccc(F)cc2)c(Cl)c1. The molecule has 0 saturated carbocycles. The van der Waals surface area contributed by atoms with Crippen LogP contribution in [-0.2, 0) is 4.79 Å². The van der Waals surface area contributed by atoms with Gasteiger partial charge in [-0.2, -0.15) is 20.8 Å². The predicted molar refractivity (Wildman–Crippen MR) is 105 cm³/mol. The number of imide groups is 1. The summed E-state index contributed by atoms with van der Waals surface area (Å²) in [4.78, 5) is 23.6. The van der Waals surface area contributed by atoms with E-state index >= 15 is 0 Å². The number of likely N-dealkylation sites (N-methyl/N-ethyl adjacent to an activating group) is 1. The van der Waals surface area contributed by atoms with Gasteiger partial charge < -0.3 is 5.11 Å². The van der Waals surface area contributed by atoms with Gasteiger partial charge in [0.2, 0.25) is 6.04 Å². The molecule has 0 aliphatic rings. The number of nitriles is 2. The highest BCUT2D eigenvalue weighted by Crippen LogP contribution is 2.32. The smallest absolute Gasteiger partial charge is 0.414 e. The van der Waals surface area contributed by atoms with Crippen LogP contribution in [0.15, 0.2) is 52.7 Å². The molecule has 152 valence electrons. The van der Waals surface area contributed by atoms with E-state index in [1.54, 1.807) is 6.07 Å². The first-order valence-corrected chi connectivity index (χ1v) is 8.99. The first kappa shape index (κ1) is 22.5. The minimum atomic E-state index is -1.63. The Morgan fingerprint density at radius 3 is 2.37 bits per heavy atom. The highest BCUT2D eigenvalue weighted by Gasteiger charge is 2.27. The van der Waals surface area contributed by atoms with Gasteiger partial charge in [-0.3, -0.25) is 4.79 Å². The van der Waals surface area contributed by atoms with Crippen LogP contribution < -0.4 is 0 Å². The molecule has 2 rings (SSSR count).